The molecule has 7 rings (SSSR count). The Morgan fingerprint density at radius 1 is 0.886 bits per heavy atom. The number of nitrogens with zero attached hydrogens (tertiary/aromatic N) is 1. The van der Waals surface area contributed by atoms with Crippen molar-refractivity contribution in [2.24, 2.45) is 0 Å². The van der Waals surface area contributed by atoms with Crippen LogP contribution in [0.3, 0.4) is 0 Å². The van der Waals surface area contributed by atoms with Crippen molar-refractivity contribution in [3.8, 4) is 11.1 Å². The Hall–Kier alpha value is -3.59. The normalized spacial score (nSPS) is 21.8. The zero-order chi connectivity index (χ0) is 23.4. The monoisotopic (exact) mass is 459 g/mol. The second-order valence-electron chi connectivity index (χ2n) is 10.2. The van der Waals surface area contributed by atoms with Gasteiger partial charge < -0.3 is 4.74 Å². The van der Waals surface area contributed by atoms with Crippen LogP contribution in [0.5, 0.6) is 0 Å². The summed E-state index contributed by atoms with van der Waals surface area (Å²) in [7, 11) is 0. The number of amides is 1. The lowest BCUT2D eigenvalue weighted by atomic mass is 9.81. The summed E-state index contributed by atoms with van der Waals surface area (Å²) >= 11 is 0. The molecule has 2 unspecified atom stereocenters. The Morgan fingerprint density at radius 3 is 2.40 bits per heavy atom. The smallest absolute Gasteiger partial charge is 0.410 e. The molecule has 0 N–H and O–H groups in total. The van der Waals surface area contributed by atoms with Crippen LogP contribution in [0.15, 0.2) is 78.9 Å². The van der Waals surface area contributed by atoms with Crippen LogP contribution < -0.4 is 0 Å². The van der Waals surface area contributed by atoms with Gasteiger partial charge in [0.1, 0.15) is 6.61 Å². The van der Waals surface area contributed by atoms with E-state index >= 15 is 0 Å². The molecule has 3 aromatic carbocycles. The highest BCUT2D eigenvalue weighted by Crippen LogP contribution is 2.45. The molecule has 2 aliphatic carbocycles. The van der Waals surface area contributed by atoms with E-state index in [4.69, 9.17) is 4.74 Å². The van der Waals surface area contributed by atoms with E-state index in [0.717, 1.165) is 25.7 Å². The zero-order valence-electron chi connectivity index (χ0n) is 19.8. The highest BCUT2D eigenvalue weighted by atomic mass is 16.6. The van der Waals surface area contributed by atoms with E-state index in [2.05, 4.69) is 85.0 Å². The summed E-state index contributed by atoms with van der Waals surface area (Å²) in [6, 6.07) is 24.0. The second kappa shape index (κ2) is 8.27. The van der Waals surface area contributed by atoms with Gasteiger partial charge in [-0.2, -0.15) is 0 Å². The molecule has 35 heavy (non-hydrogen) atoms. The largest absolute Gasteiger partial charge is 0.448 e. The van der Waals surface area contributed by atoms with E-state index in [1.165, 1.54) is 50.9 Å². The lowest BCUT2D eigenvalue weighted by Crippen LogP contribution is -2.52. The molecule has 0 spiro atoms. The quantitative estimate of drug-likeness (QED) is 0.414. The number of fused-ring (bicyclic) bond motifs is 6. The molecule has 4 aliphatic rings. The Balaban J connectivity index is 1.13. The van der Waals surface area contributed by atoms with Gasteiger partial charge in [0.15, 0.2) is 0 Å². The van der Waals surface area contributed by atoms with Crippen molar-refractivity contribution in [3.05, 3.63) is 107 Å². The van der Waals surface area contributed by atoms with Gasteiger partial charge in [0, 0.05) is 12.0 Å². The molecule has 1 saturated heterocycles. The van der Waals surface area contributed by atoms with E-state index in [1.807, 2.05) is 4.90 Å². The molecule has 2 bridgehead atoms. The molecule has 3 nitrogen and oxygen atoms in total. The van der Waals surface area contributed by atoms with E-state index in [1.54, 1.807) is 0 Å². The Bertz CT molecular complexity index is 1340. The van der Waals surface area contributed by atoms with Crippen LogP contribution in [0.1, 0.15) is 59.4 Å². The van der Waals surface area contributed by atoms with Crippen LogP contribution in [0.25, 0.3) is 22.8 Å². The number of carbonyl (C=O) groups is 1. The van der Waals surface area contributed by atoms with Crippen molar-refractivity contribution < 1.29 is 9.53 Å². The van der Waals surface area contributed by atoms with Gasteiger partial charge in [0.05, 0.1) is 6.04 Å². The minimum atomic E-state index is -0.156. The molecule has 1 fully saturated rings. The summed E-state index contributed by atoms with van der Waals surface area (Å²) in [5, 5.41) is 0. The maximum Gasteiger partial charge on any atom is 0.410 e. The Kier molecular flexibility index (Phi) is 4.90. The number of piperidine rings is 1. The topological polar surface area (TPSA) is 29.5 Å². The molecule has 3 heteroatoms. The van der Waals surface area contributed by atoms with Crippen LogP contribution in [0.2, 0.25) is 0 Å². The molecule has 2 aliphatic heterocycles. The molecular formula is C32H29NO2. The van der Waals surface area contributed by atoms with Crippen LogP contribution in [-0.2, 0) is 11.2 Å². The van der Waals surface area contributed by atoms with Gasteiger partial charge in [-0.3, -0.25) is 4.90 Å². The van der Waals surface area contributed by atoms with Crippen molar-refractivity contribution in [1.82, 2.24) is 4.90 Å². The first-order valence-corrected chi connectivity index (χ1v) is 12.9. The summed E-state index contributed by atoms with van der Waals surface area (Å²) in [6.07, 6.45) is 11.8. The number of rotatable bonds is 3. The molecule has 1 amide bonds. The SMILES string of the molecule is O=C(OCC1c2ccccc2-c2ccccc21)N1C2C=C(c3cccc4c3CC=C4)CC1CCC2. The van der Waals surface area contributed by atoms with Gasteiger partial charge in [-0.25, -0.2) is 4.79 Å². The van der Waals surface area contributed by atoms with Gasteiger partial charge in [-0.05, 0) is 76.6 Å². The van der Waals surface area contributed by atoms with Crippen molar-refractivity contribution in [2.45, 2.75) is 50.1 Å². The third kappa shape index (κ3) is 3.36. The molecule has 0 saturated carbocycles. The van der Waals surface area contributed by atoms with Gasteiger partial charge in [0.25, 0.3) is 0 Å². The molecule has 174 valence electrons. The van der Waals surface area contributed by atoms with Gasteiger partial charge in [0.2, 0.25) is 0 Å². The van der Waals surface area contributed by atoms with Gasteiger partial charge in [-0.15, -0.1) is 0 Å². The highest BCUT2D eigenvalue weighted by Gasteiger charge is 2.39. The fraction of sp³-hybridized carbons (Fsp3) is 0.281. The third-order valence-electron chi connectivity index (χ3n) is 8.36. The van der Waals surface area contributed by atoms with Crippen LogP contribution in [0.4, 0.5) is 4.79 Å². The number of ether oxygens (including phenoxy) is 1. The minimum Gasteiger partial charge on any atom is -0.448 e. The van der Waals surface area contributed by atoms with Crippen molar-refractivity contribution >= 4 is 17.7 Å². The predicted molar refractivity (Wildman–Crippen MR) is 140 cm³/mol. The lowest BCUT2D eigenvalue weighted by Gasteiger charge is -2.44. The van der Waals surface area contributed by atoms with E-state index in [0.29, 0.717) is 6.61 Å². The third-order valence-corrected chi connectivity index (χ3v) is 8.36. The molecule has 0 aromatic heterocycles. The zero-order valence-corrected chi connectivity index (χ0v) is 19.8. The van der Waals surface area contributed by atoms with E-state index in [-0.39, 0.29) is 24.1 Å². The summed E-state index contributed by atoms with van der Waals surface area (Å²) in [5.41, 5.74) is 10.6. The second-order valence-corrected chi connectivity index (χ2v) is 10.2. The standard InChI is InChI=1S/C32H29NO2/c34-32(35-20-31-29-14-3-1-12-27(29)28-13-2-4-15-30(28)31)33-23-10-7-11-24(33)19-22(18-23)26-17-6-9-21-8-5-16-25(21)26/h1-6,8-9,12-15,17-18,23-24,31H,7,10-11,16,19-20H2. The molecule has 2 atom stereocenters. The van der Waals surface area contributed by atoms with Crippen molar-refractivity contribution in [1.29, 1.82) is 0 Å². The lowest BCUT2D eigenvalue weighted by molar-refractivity contribution is 0.0539. The number of carbonyl (C=O) groups excluding carboxylic acids is 1. The number of benzene rings is 3. The first kappa shape index (κ1) is 20.8. The maximum atomic E-state index is 13.5. The first-order chi connectivity index (χ1) is 17.3. The van der Waals surface area contributed by atoms with Crippen molar-refractivity contribution in [3.63, 3.8) is 0 Å². The predicted octanol–water partition coefficient (Wildman–Crippen LogP) is 7.22. The molecule has 2 heterocycles. The van der Waals surface area contributed by atoms with Crippen LogP contribution in [0, 0.1) is 0 Å². The Labute approximate surface area is 206 Å². The van der Waals surface area contributed by atoms with E-state index < -0.39 is 0 Å². The number of hydrogen-bond acceptors (Lipinski definition) is 2. The first-order valence-electron chi connectivity index (χ1n) is 12.9. The van der Waals surface area contributed by atoms with Crippen LogP contribution in [-0.4, -0.2) is 29.7 Å². The number of allylic oxidation sites excluding steroid dienone is 1. The summed E-state index contributed by atoms with van der Waals surface area (Å²) in [4.78, 5) is 15.5. The van der Waals surface area contributed by atoms with E-state index in [9.17, 15) is 4.79 Å². The molecular weight excluding hydrogens is 430 g/mol. The number of hydrogen-bond donors (Lipinski definition) is 0. The minimum absolute atomic E-state index is 0.0986. The highest BCUT2D eigenvalue weighted by molar-refractivity contribution is 5.80. The Morgan fingerprint density at radius 2 is 1.63 bits per heavy atom. The fourth-order valence-electron chi connectivity index (χ4n) is 6.78. The summed E-state index contributed by atoms with van der Waals surface area (Å²) in [6.45, 7) is 0.386. The average Bonchev–Trinajstić information content (AvgIpc) is 3.49. The maximum absolute atomic E-state index is 13.5. The average molecular weight is 460 g/mol. The summed E-state index contributed by atoms with van der Waals surface area (Å²) in [5.74, 6) is 0.0986. The molecule has 0 radical (unpaired) electrons. The molecule has 3 aromatic rings. The summed E-state index contributed by atoms with van der Waals surface area (Å²) < 4.78 is 6.08. The van der Waals surface area contributed by atoms with Crippen molar-refractivity contribution in [2.75, 3.05) is 6.61 Å². The fourth-order valence-corrected chi connectivity index (χ4v) is 6.78. The van der Waals surface area contributed by atoms with Gasteiger partial charge >= 0.3 is 6.09 Å². The van der Waals surface area contributed by atoms with Gasteiger partial charge in [-0.1, -0.05) is 85.0 Å². The van der Waals surface area contributed by atoms with Crippen LogP contribution >= 0.6 is 0 Å².